The molecule has 0 saturated carbocycles. The molecule has 0 unspecified atom stereocenters. The number of nitrogens with zero attached hydrogens (tertiary/aromatic N) is 1. The van der Waals surface area contributed by atoms with Gasteiger partial charge in [-0.1, -0.05) is 6.07 Å². The summed E-state index contributed by atoms with van der Waals surface area (Å²) in [7, 11) is 1.47. The third kappa shape index (κ3) is 3.78. The highest BCUT2D eigenvalue weighted by atomic mass is 19.1. The number of nitrogens with one attached hydrogen (secondary N) is 2. The van der Waals surface area contributed by atoms with E-state index in [4.69, 9.17) is 0 Å². The average Bonchev–Trinajstić information content (AvgIpc) is 2.48. The molecule has 0 aliphatic carbocycles. The highest BCUT2D eigenvalue weighted by molar-refractivity contribution is 5.94. The smallest absolute Gasteiger partial charge is 0.252 e. The molecule has 2 aromatic rings. The van der Waals surface area contributed by atoms with Gasteiger partial charge in [-0.25, -0.2) is 4.39 Å². The zero-order valence-corrected chi connectivity index (χ0v) is 11.8. The van der Waals surface area contributed by atoms with Crippen molar-refractivity contribution in [1.29, 1.82) is 0 Å². The first-order valence-electron chi connectivity index (χ1n) is 6.47. The molecule has 1 heterocycles. The molecular weight excluding hydrogens is 289 g/mol. The zero-order valence-electron chi connectivity index (χ0n) is 11.8. The number of rotatable bonds is 4. The maximum atomic E-state index is 13.0. The Labute approximate surface area is 125 Å². The predicted octanol–water partition coefficient (Wildman–Crippen LogP) is 0.986. The fourth-order valence-electron chi connectivity index (χ4n) is 1.86. The molecule has 0 spiro atoms. The summed E-state index contributed by atoms with van der Waals surface area (Å²) in [6.45, 7) is -0.278. The minimum atomic E-state index is -0.498. The third-order valence-corrected chi connectivity index (χ3v) is 2.90. The fraction of sp³-hybridized carbons (Fsp3) is 0.133. The number of amides is 2. The summed E-state index contributed by atoms with van der Waals surface area (Å²) in [6, 6.07) is 8.00. The average molecular weight is 303 g/mol. The van der Waals surface area contributed by atoms with Crippen molar-refractivity contribution in [1.82, 2.24) is 9.88 Å². The molecule has 1 aromatic heterocycles. The summed E-state index contributed by atoms with van der Waals surface area (Å²) in [5.74, 6) is -1.34. The molecule has 22 heavy (non-hydrogen) atoms. The quantitative estimate of drug-likeness (QED) is 0.884. The van der Waals surface area contributed by atoms with E-state index in [1.165, 1.54) is 49.6 Å². The van der Waals surface area contributed by atoms with Gasteiger partial charge in [0.2, 0.25) is 5.91 Å². The van der Waals surface area contributed by atoms with E-state index in [-0.39, 0.29) is 18.0 Å². The van der Waals surface area contributed by atoms with E-state index < -0.39 is 17.3 Å². The molecule has 2 N–H and O–H groups in total. The molecule has 0 radical (unpaired) electrons. The summed E-state index contributed by atoms with van der Waals surface area (Å²) in [4.78, 5) is 35.1. The van der Waals surface area contributed by atoms with E-state index in [0.717, 1.165) is 4.57 Å². The number of carbonyl (C=O) groups is 2. The van der Waals surface area contributed by atoms with E-state index in [0.29, 0.717) is 5.69 Å². The number of benzene rings is 1. The van der Waals surface area contributed by atoms with Gasteiger partial charge in [-0.3, -0.25) is 14.4 Å². The Morgan fingerprint density at radius 2 is 2.00 bits per heavy atom. The molecule has 0 aliphatic rings. The number of hydrogen-bond acceptors (Lipinski definition) is 3. The number of halogens is 1. The van der Waals surface area contributed by atoms with E-state index in [1.54, 1.807) is 0 Å². The van der Waals surface area contributed by atoms with Crippen LogP contribution in [-0.2, 0) is 11.3 Å². The van der Waals surface area contributed by atoms with E-state index in [2.05, 4.69) is 10.6 Å². The predicted molar refractivity (Wildman–Crippen MR) is 79.1 cm³/mol. The molecule has 0 bridgehead atoms. The first kappa shape index (κ1) is 15.4. The molecule has 0 fully saturated rings. The minimum Gasteiger partial charge on any atom is -0.355 e. The second-order valence-corrected chi connectivity index (χ2v) is 4.52. The molecule has 2 amide bonds. The van der Waals surface area contributed by atoms with E-state index in [9.17, 15) is 18.8 Å². The van der Waals surface area contributed by atoms with Gasteiger partial charge in [0.25, 0.3) is 11.5 Å². The molecule has 7 heteroatoms. The summed E-state index contributed by atoms with van der Waals surface area (Å²) in [5.41, 5.74) is 0.142. The Morgan fingerprint density at radius 3 is 2.68 bits per heavy atom. The second-order valence-electron chi connectivity index (χ2n) is 4.52. The number of aromatic nitrogens is 1. The summed E-state index contributed by atoms with van der Waals surface area (Å²) in [6.07, 6.45) is 1.30. The zero-order chi connectivity index (χ0) is 16.1. The van der Waals surface area contributed by atoms with Crippen LogP contribution in [0, 0.1) is 5.82 Å². The van der Waals surface area contributed by atoms with Crippen LogP contribution in [-0.4, -0.2) is 23.4 Å². The molecule has 1 aromatic carbocycles. The van der Waals surface area contributed by atoms with Gasteiger partial charge < -0.3 is 15.2 Å². The van der Waals surface area contributed by atoms with Crippen LogP contribution < -0.4 is 16.2 Å². The molecule has 0 atom stereocenters. The molecule has 6 nitrogen and oxygen atoms in total. The number of carbonyl (C=O) groups excluding carboxylic acids is 2. The van der Waals surface area contributed by atoms with Crippen molar-refractivity contribution in [3.8, 4) is 0 Å². The standard InChI is InChI=1S/C15H14FN3O3/c1-17-15(22)10-5-6-14(21)19(8-10)9-13(20)18-12-4-2-3-11(16)7-12/h2-8H,9H2,1H3,(H,17,22)(H,18,20). The van der Waals surface area contributed by atoms with Crippen LogP contribution in [0.25, 0.3) is 0 Å². The van der Waals surface area contributed by atoms with Crippen LogP contribution >= 0.6 is 0 Å². The largest absolute Gasteiger partial charge is 0.355 e. The van der Waals surface area contributed by atoms with Crippen LogP contribution in [0.1, 0.15) is 10.4 Å². The first-order valence-corrected chi connectivity index (χ1v) is 6.47. The maximum Gasteiger partial charge on any atom is 0.252 e. The second kappa shape index (κ2) is 6.66. The Morgan fingerprint density at radius 1 is 1.23 bits per heavy atom. The Bertz CT molecular complexity index is 771. The third-order valence-electron chi connectivity index (χ3n) is 2.90. The lowest BCUT2D eigenvalue weighted by atomic mass is 10.2. The van der Waals surface area contributed by atoms with Gasteiger partial charge >= 0.3 is 0 Å². The van der Waals surface area contributed by atoms with Gasteiger partial charge in [-0.15, -0.1) is 0 Å². The SMILES string of the molecule is CNC(=O)c1ccc(=O)n(CC(=O)Nc2cccc(F)c2)c1. The number of hydrogen-bond donors (Lipinski definition) is 2. The lowest BCUT2D eigenvalue weighted by Gasteiger charge is -2.09. The highest BCUT2D eigenvalue weighted by Gasteiger charge is 2.09. The van der Waals surface area contributed by atoms with E-state index in [1.807, 2.05) is 0 Å². The van der Waals surface area contributed by atoms with E-state index >= 15 is 0 Å². The van der Waals surface area contributed by atoms with Crippen LogP contribution in [0.3, 0.4) is 0 Å². The first-order chi connectivity index (χ1) is 10.5. The van der Waals surface area contributed by atoms with Crippen LogP contribution in [0.2, 0.25) is 0 Å². The van der Waals surface area contributed by atoms with Crippen molar-refractivity contribution < 1.29 is 14.0 Å². The molecular formula is C15H14FN3O3. The minimum absolute atomic E-state index is 0.264. The number of pyridine rings is 1. The van der Waals surface area contributed by atoms with Crippen molar-refractivity contribution in [2.24, 2.45) is 0 Å². The summed E-state index contributed by atoms with van der Waals surface area (Å²) < 4.78 is 14.1. The van der Waals surface area contributed by atoms with Gasteiger partial charge in [-0.05, 0) is 24.3 Å². The molecule has 0 aliphatic heterocycles. The van der Waals surface area contributed by atoms with Crippen LogP contribution in [0.5, 0.6) is 0 Å². The molecule has 0 saturated heterocycles. The van der Waals surface area contributed by atoms with Gasteiger partial charge in [-0.2, -0.15) is 0 Å². The molecule has 2 rings (SSSR count). The molecule has 114 valence electrons. The summed E-state index contributed by atoms with van der Waals surface area (Å²) >= 11 is 0. The fourth-order valence-corrected chi connectivity index (χ4v) is 1.86. The van der Waals surface area contributed by atoms with Crippen molar-refractivity contribution >= 4 is 17.5 Å². The van der Waals surface area contributed by atoms with Gasteiger partial charge in [0, 0.05) is 25.0 Å². The van der Waals surface area contributed by atoms with Crippen LogP contribution in [0.4, 0.5) is 10.1 Å². The Balaban J connectivity index is 2.14. The van der Waals surface area contributed by atoms with Crippen molar-refractivity contribution in [2.45, 2.75) is 6.54 Å². The lowest BCUT2D eigenvalue weighted by Crippen LogP contribution is -2.29. The Kier molecular flexibility index (Phi) is 4.67. The maximum absolute atomic E-state index is 13.0. The van der Waals surface area contributed by atoms with Gasteiger partial charge in [0.1, 0.15) is 12.4 Å². The van der Waals surface area contributed by atoms with Crippen molar-refractivity contribution in [3.63, 3.8) is 0 Å². The van der Waals surface area contributed by atoms with Crippen molar-refractivity contribution in [3.05, 3.63) is 64.3 Å². The number of anilines is 1. The lowest BCUT2D eigenvalue weighted by molar-refractivity contribution is -0.116. The Hall–Kier alpha value is -2.96. The van der Waals surface area contributed by atoms with Gasteiger partial charge in [0.05, 0.1) is 5.56 Å². The summed E-state index contributed by atoms with van der Waals surface area (Å²) in [5, 5.41) is 4.91. The monoisotopic (exact) mass is 303 g/mol. The van der Waals surface area contributed by atoms with Crippen molar-refractivity contribution in [2.75, 3.05) is 12.4 Å². The van der Waals surface area contributed by atoms with Gasteiger partial charge in [0.15, 0.2) is 0 Å². The topological polar surface area (TPSA) is 80.2 Å². The van der Waals surface area contributed by atoms with Crippen LogP contribution in [0.15, 0.2) is 47.4 Å². The highest BCUT2D eigenvalue weighted by Crippen LogP contribution is 2.09. The normalized spacial score (nSPS) is 10.1.